The summed E-state index contributed by atoms with van der Waals surface area (Å²) in [6.07, 6.45) is 1.16. The predicted molar refractivity (Wildman–Crippen MR) is 117 cm³/mol. The first-order chi connectivity index (χ1) is 14.2. The van der Waals surface area contributed by atoms with Crippen molar-refractivity contribution in [3.8, 4) is 0 Å². The van der Waals surface area contributed by atoms with E-state index < -0.39 is 15.8 Å². The largest absolute Gasteiger partial charge is 0.461 e. The Morgan fingerprint density at radius 2 is 1.50 bits per heavy atom. The van der Waals surface area contributed by atoms with Gasteiger partial charge in [0.15, 0.2) is 9.84 Å². The third-order valence-corrected chi connectivity index (χ3v) is 5.42. The molecule has 2 aromatic carbocycles. The topological polar surface area (TPSA) is 92.8 Å². The highest BCUT2D eigenvalue weighted by Gasteiger charge is 2.11. The molecule has 2 rings (SSSR count). The van der Waals surface area contributed by atoms with Crippen molar-refractivity contribution in [1.82, 2.24) is 4.90 Å². The van der Waals surface area contributed by atoms with Crippen LogP contribution in [-0.4, -0.2) is 57.7 Å². The van der Waals surface area contributed by atoms with Gasteiger partial charge in [0.2, 0.25) is 0 Å². The Balaban J connectivity index is 1.90. The Hall–Kier alpha value is -2.71. The number of carbonyl (C=O) groups excluding carboxylic acids is 2. The van der Waals surface area contributed by atoms with E-state index in [0.717, 1.165) is 19.3 Å². The minimum Gasteiger partial charge on any atom is -0.461 e. The van der Waals surface area contributed by atoms with Crippen molar-refractivity contribution in [3.63, 3.8) is 0 Å². The zero-order chi connectivity index (χ0) is 22.1. The van der Waals surface area contributed by atoms with Crippen molar-refractivity contribution in [2.24, 2.45) is 0 Å². The van der Waals surface area contributed by atoms with Crippen LogP contribution in [-0.2, 0) is 20.3 Å². The van der Waals surface area contributed by atoms with Crippen LogP contribution in [0.25, 0.3) is 0 Å². The normalized spacial score (nSPS) is 11.3. The molecule has 0 aliphatic rings. The number of hydrogen-bond donors (Lipinski definition) is 1. The maximum atomic E-state index is 12.4. The summed E-state index contributed by atoms with van der Waals surface area (Å²) in [5.41, 5.74) is 1.99. The molecule has 0 spiro atoms. The Morgan fingerprint density at radius 3 is 2.03 bits per heavy atom. The molecule has 7 nitrogen and oxygen atoms in total. The number of nitrogens with zero attached hydrogens (tertiary/aromatic N) is 1. The molecular formula is C22H28N2O5S. The second-order valence-electron chi connectivity index (χ2n) is 6.96. The smallest absolute Gasteiger partial charge is 0.338 e. The number of rotatable bonds is 10. The second-order valence-corrected chi connectivity index (χ2v) is 9.10. The Morgan fingerprint density at radius 1 is 0.933 bits per heavy atom. The van der Waals surface area contributed by atoms with Crippen LogP contribution in [0.15, 0.2) is 48.5 Å². The van der Waals surface area contributed by atoms with Crippen LogP contribution in [0.5, 0.6) is 0 Å². The molecule has 0 atom stereocenters. The summed E-state index contributed by atoms with van der Waals surface area (Å²) in [6.45, 7) is 6.95. The SMILES string of the molecule is CCN(CC)CCOC(=O)c1ccc(NC(=O)c2ccc(CS(C)(=O)=O)cc2)cc1. The monoisotopic (exact) mass is 432 g/mol. The van der Waals surface area contributed by atoms with Crippen molar-refractivity contribution in [2.75, 3.05) is 37.8 Å². The fourth-order valence-corrected chi connectivity index (χ4v) is 3.64. The summed E-state index contributed by atoms with van der Waals surface area (Å²) in [5, 5.41) is 2.75. The predicted octanol–water partition coefficient (Wildman–Crippen LogP) is 2.98. The molecule has 8 heteroatoms. The molecule has 1 amide bonds. The molecule has 0 heterocycles. The van der Waals surface area contributed by atoms with E-state index in [1.54, 1.807) is 48.5 Å². The Labute approximate surface area is 178 Å². The van der Waals surface area contributed by atoms with Gasteiger partial charge >= 0.3 is 5.97 Å². The van der Waals surface area contributed by atoms with E-state index in [1.807, 2.05) is 0 Å². The number of carbonyl (C=O) groups is 2. The number of benzene rings is 2. The van der Waals surface area contributed by atoms with Crippen LogP contribution < -0.4 is 5.32 Å². The van der Waals surface area contributed by atoms with Gasteiger partial charge in [-0.2, -0.15) is 0 Å². The highest BCUT2D eigenvalue weighted by atomic mass is 32.2. The van der Waals surface area contributed by atoms with Gasteiger partial charge in [0.25, 0.3) is 5.91 Å². The molecule has 1 N–H and O–H groups in total. The average molecular weight is 433 g/mol. The van der Waals surface area contributed by atoms with Crippen molar-refractivity contribution >= 4 is 27.4 Å². The molecule has 0 radical (unpaired) electrons. The Bertz CT molecular complexity index is 950. The molecule has 0 bridgehead atoms. The third kappa shape index (κ3) is 7.61. The molecule has 0 saturated heterocycles. The summed E-state index contributed by atoms with van der Waals surface area (Å²) in [4.78, 5) is 26.7. The summed E-state index contributed by atoms with van der Waals surface area (Å²) < 4.78 is 28.0. The van der Waals surface area contributed by atoms with Crippen LogP contribution in [0.3, 0.4) is 0 Å². The van der Waals surface area contributed by atoms with Crippen molar-refractivity contribution < 1.29 is 22.7 Å². The van der Waals surface area contributed by atoms with Crippen LogP contribution in [0.1, 0.15) is 40.1 Å². The number of anilines is 1. The minimum atomic E-state index is -3.12. The molecule has 2 aromatic rings. The van der Waals surface area contributed by atoms with Crippen LogP contribution in [0.4, 0.5) is 5.69 Å². The maximum Gasteiger partial charge on any atom is 0.338 e. The van der Waals surface area contributed by atoms with E-state index in [0.29, 0.717) is 35.5 Å². The lowest BCUT2D eigenvalue weighted by Gasteiger charge is -2.17. The van der Waals surface area contributed by atoms with Crippen LogP contribution in [0.2, 0.25) is 0 Å². The van der Waals surface area contributed by atoms with E-state index >= 15 is 0 Å². The van der Waals surface area contributed by atoms with Crippen LogP contribution in [0, 0.1) is 0 Å². The first kappa shape index (κ1) is 23.6. The number of hydrogen-bond acceptors (Lipinski definition) is 6. The zero-order valence-electron chi connectivity index (χ0n) is 17.6. The number of esters is 1. The number of amides is 1. The number of likely N-dealkylation sites (N-methyl/N-ethyl adjacent to an activating group) is 1. The standard InChI is InChI=1S/C22H28N2O5S/c1-4-24(5-2)14-15-29-22(26)19-10-12-20(13-11-19)23-21(25)18-8-6-17(7-9-18)16-30(3,27)28/h6-13H,4-5,14-16H2,1-3H3,(H,23,25). The average Bonchev–Trinajstić information content (AvgIpc) is 2.71. The third-order valence-electron chi connectivity index (χ3n) is 4.56. The van der Waals surface area contributed by atoms with Crippen molar-refractivity contribution in [1.29, 1.82) is 0 Å². The lowest BCUT2D eigenvalue weighted by molar-refractivity contribution is 0.0466. The zero-order valence-corrected chi connectivity index (χ0v) is 18.4. The van der Waals surface area contributed by atoms with E-state index in [2.05, 4.69) is 24.1 Å². The van der Waals surface area contributed by atoms with Gasteiger partial charge in [-0.05, 0) is 55.1 Å². The second kappa shape index (κ2) is 10.9. The molecule has 0 aliphatic carbocycles. The number of nitrogens with one attached hydrogen (secondary N) is 1. The molecule has 0 unspecified atom stereocenters. The van der Waals surface area contributed by atoms with E-state index in [-0.39, 0.29) is 11.7 Å². The number of ether oxygens (including phenoxy) is 1. The first-order valence-corrected chi connectivity index (χ1v) is 11.9. The summed E-state index contributed by atoms with van der Waals surface area (Å²) in [6, 6.07) is 12.9. The molecule has 0 fully saturated rings. The molecule has 0 aromatic heterocycles. The van der Waals surface area contributed by atoms with Crippen molar-refractivity contribution in [3.05, 3.63) is 65.2 Å². The maximum absolute atomic E-state index is 12.4. The quantitative estimate of drug-likeness (QED) is 0.580. The summed E-state index contributed by atoms with van der Waals surface area (Å²) in [7, 11) is -3.12. The molecule has 0 saturated carbocycles. The van der Waals surface area contributed by atoms with E-state index in [9.17, 15) is 18.0 Å². The fraction of sp³-hybridized carbons (Fsp3) is 0.364. The molecule has 30 heavy (non-hydrogen) atoms. The highest BCUT2D eigenvalue weighted by molar-refractivity contribution is 7.89. The van der Waals surface area contributed by atoms with E-state index in [1.165, 1.54) is 0 Å². The minimum absolute atomic E-state index is 0.0681. The van der Waals surface area contributed by atoms with Gasteiger partial charge in [0.1, 0.15) is 6.61 Å². The first-order valence-electron chi connectivity index (χ1n) is 9.79. The summed E-state index contributed by atoms with van der Waals surface area (Å²) in [5.74, 6) is -0.793. The summed E-state index contributed by atoms with van der Waals surface area (Å²) >= 11 is 0. The van der Waals surface area contributed by atoms with Gasteiger partial charge in [0.05, 0.1) is 11.3 Å². The lowest BCUT2D eigenvalue weighted by Crippen LogP contribution is -2.27. The van der Waals surface area contributed by atoms with Gasteiger partial charge in [-0.3, -0.25) is 4.79 Å². The Kier molecular flexibility index (Phi) is 8.56. The molecular weight excluding hydrogens is 404 g/mol. The van der Waals surface area contributed by atoms with Crippen LogP contribution >= 0.6 is 0 Å². The van der Waals surface area contributed by atoms with Gasteiger partial charge in [-0.1, -0.05) is 26.0 Å². The van der Waals surface area contributed by atoms with Gasteiger partial charge in [-0.25, -0.2) is 13.2 Å². The van der Waals surface area contributed by atoms with Gasteiger partial charge < -0.3 is 15.0 Å². The molecule has 0 aliphatic heterocycles. The van der Waals surface area contributed by atoms with Crippen molar-refractivity contribution in [2.45, 2.75) is 19.6 Å². The fourth-order valence-electron chi connectivity index (χ4n) is 2.84. The number of sulfone groups is 1. The lowest BCUT2D eigenvalue weighted by atomic mass is 10.1. The van der Waals surface area contributed by atoms with Gasteiger partial charge in [0, 0.05) is 24.1 Å². The highest BCUT2D eigenvalue weighted by Crippen LogP contribution is 2.14. The van der Waals surface area contributed by atoms with E-state index in [4.69, 9.17) is 4.74 Å². The molecule has 162 valence electrons. The van der Waals surface area contributed by atoms with Gasteiger partial charge in [-0.15, -0.1) is 0 Å².